The van der Waals surface area contributed by atoms with Crippen LogP contribution < -0.4 is 21.3 Å². The number of fused-ring (bicyclic) bond motifs is 1. The van der Waals surface area contributed by atoms with E-state index in [0.29, 0.717) is 21.6 Å². The van der Waals surface area contributed by atoms with Crippen molar-refractivity contribution in [2.45, 2.75) is 18.9 Å². The molecule has 3 aromatic rings. The summed E-state index contributed by atoms with van der Waals surface area (Å²) in [6.07, 6.45) is 5.57. The number of hydrogen-bond acceptors (Lipinski definition) is 7. The first-order valence-corrected chi connectivity index (χ1v) is 11.1. The second kappa shape index (κ2) is 9.04. The molecule has 0 aromatic carbocycles. The topological polar surface area (TPSA) is 101 Å². The number of hydrogen-bond donors (Lipinski definition) is 3. The Labute approximate surface area is 194 Å². The summed E-state index contributed by atoms with van der Waals surface area (Å²) in [7, 11) is 0. The highest BCUT2D eigenvalue weighted by Gasteiger charge is 2.27. The molecule has 5 rings (SSSR count). The van der Waals surface area contributed by atoms with Crippen LogP contribution in [0.25, 0.3) is 11.1 Å². The normalized spacial score (nSPS) is 18.7. The first-order chi connectivity index (χ1) is 14.6. The maximum absolute atomic E-state index is 12.6. The number of aromatic nitrogens is 3. The van der Waals surface area contributed by atoms with Crippen LogP contribution in [-0.4, -0.2) is 52.7 Å². The second-order valence-electron chi connectivity index (χ2n) is 7.54. The lowest BCUT2D eigenvalue weighted by Crippen LogP contribution is -2.47. The van der Waals surface area contributed by atoms with E-state index in [9.17, 15) is 4.79 Å². The van der Waals surface area contributed by atoms with Gasteiger partial charge in [-0.1, -0.05) is 17.7 Å². The fourth-order valence-corrected chi connectivity index (χ4v) is 5.14. The minimum Gasteiger partial charge on any atom is -0.382 e. The summed E-state index contributed by atoms with van der Waals surface area (Å²) in [5.41, 5.74) is 10.3. The lowest BCUT2D eigenvalue weighted by atomic mass is 10.0. The summed E-state index contributed by atoms with van der Waals surface area (Å²) in [5.74, 6) is 0.378. The molecule has 0 unspecified atom stereocenters. The molecule has 5 heterocycles. The zero-order chi connectivity index (χ0) is 20.7. The highest BCUT2D eigenvalue weighted by Crippen LogP contribution is 2.34. The maximum atomic E-state index is 12.6. The SMILES string of the molecule is Cl.Nc1ncnn2c(C3=CCNC3)cc(N3CCC[C@@H](NC(=O)c4ccc(Cl)s4)C3)c12. The van der Waals surface area contributed by atoms with E-state index in [-0.39, 0.29) is 24.4 Å². The Balaban J connectivity index is 0.00000231. The zero-order valence-corrected chi connectivity index (χ0v) is 19.1. The van der Waals surface area contributed by atoms with E-state index in [4.69, 9.17) is 17.3 Å². The number of carbonyl (C=O) groups is 1. The summed E-state index contributed by atoms with van der Waals surface area (Å²) >= 11 is 7.27. The van der Waals surface area contributed by atoms with Gasteiger partial charge in [0.1, 0.15) is 11.8 Å². The van der Waals surface area contributed by atoms with Crippen LogP contribution in [0.5, 0.6) is 0 Å². The van der Waals surface area contributed by atoms with Gasteiger partial charge in [-0.2, -0.15) is 5.10 Å². The van der Waals surface area contributed by atoms with E-state index in [1.807, 2.05) is 4.52 Å². The number of rotatable bonds is 4. The summed E-state index contributed by atoms with van der Waals surface area (Å²) in [5, 5.41) is 10.9. The van der Waals surface area contributed by atoms with Crippen LogP contribution in [0.1, 0.15) is 28.2 Å². The van der Waals surface area contributed by atoms with Gasteiger partial charge >= 0.3 is 0 Å². The van der Waals surface area contributed by atoms with Crippen molar-refractivity contribution in [1.82, 2.24) is 25.2 Å². The Hall–Kier alpha value is -2.33. The molecule has 4 N–H and O–H groups in total. The number of anilines is 2. The fourth-order valence-electron chi connectivity index (χ4n) is 4.19. The fraction of sp³-hybridized carbons (Fsp3) is 0.350. The first-order valence-electron chi connectivity index (χ1n) is 9.93. The lowest BCUT2D eigenvalue weighted by molar-refractivity contribution is 0.0937. The number of thiophene rings is 1. The largest absolute Gasteiger partial charge is 0.382 e. The quantitative estimate of drug-likeness (QED) is 0.531. The van der Waals surface area contributed by atoms with E-state index in [1.54, 1.807) is 12.1 Å². The number of halogens is 2. The molecule has 8 nitrogen and oxygen atoms in total. The molecule has 1 atom stereocenters. The molecule has 0 aliphatic carbocycles. The molecule has 0 saturated carbocycles. The lowest BCUT2D eigenvalue weighted by Gasteiger charge is -2.34. The minimum atomic E-state index is -0.0776. The third-order valence-corrected chi connectivity index (χ3v) is 6.82. The molecular weight excluding hydrogens is 457 g/mol. The molecule has 31 heavy (non-hydrogen) atoms. The van der Waals surface area contributed by atoms with Gasteiger partial charge in [0.05, 0.1) is 20.6 Å². The number of nitrogens with zero attached hydrogens (tertiary/aromatic N) is 4. The third kappa shape index (κ3) is 4.23. The van der Waals surface area contributed by atoms with Crippen molar-refractivity contribution in [2.24, 2.45) is 0 Å². The Morgan fingerprint density at radius 2 is 2.26 bits per heavy atom. The van der Waals surface area contributed by atoms with Crippen molar-refractivity contribution in [3.63, 3.8) is 0 Å². The van der Waals surface area contributed by atoms with Crippen LogP contribution in [-0.2, 0) is 0 Å². The van der Waals surface area contributed by atoms with Gasteiger partial charge in [0.2, 0.25) is 0 Å². The molecule has 0 radical (unpaired) electrons. The van der Waals surface area contributed by atoms with Crippen molar-refractivity contribution in [2.75, 3.05) is 36.8 Å². The molecule has 164 valence electrons. The van der Waals surface area contributed by atoms with Gasteiger partial charge in [0.15, 0.2) is 5.82 Å². The predicted molar refractivity (Wildman–Crippen MR) is 128 cm³/mol. The molecule has 0 bridgehead atoms. The first kappa shape index (κ1) is 21.9. The number of amides is 1. The summed E-state index contributed by atoms with van der Waals surface area (Å²) in [4.78, 5) is 19.7. The average molecular weight is 480 g/mol. The van der Waals surface area contributed by atoms with E-state index < -0.39 is 0 Å². The predicted octanol–water partition coefficient (Wildman–Crippen LogP) is 2.83. The van der Waals surface area contributed by atoms with Gasteiger partial charge in [-0.25, -0.2) is 9.50 Å². The van der Waals surface area contributed by atoms with Crippen LogP contribution in [0.15, 0.2) is 30.6 Å². The molecule has 2 aliphatic rings. The second-order valence-corrected chi connectivity index (χ2v) is 9.26. The van der Waals surface area contributed by atoms with E-state index in [2.05, 4.69) is 37.8 Å². The molecule has 1 saturated heterocycles. The van der Waals surface area contributed by atoms with Gasteiger partial charge in [0, 0.05) is 32.2 Å². The van der Waals surface area contributed by atoms with Gasteiger partial charge in [-0.15, -0.1) is 23.7 Å². The standard InChI is InChI=1S/C20H22ClN7OS.ClH/c21-17-4-3-16(30-17)20(29)26-13-2-1-7-27(10-13)15-8-14(12-5-6-23-9-12)28-18(15)19(22)24-11-25-28;/h3-5,8,11,13,23H,1-2,6-7,9-10H2,(H,26,29)(H2,22,24,25);1H/t13-;/m1./s1. The Morgan fingerprint density at radius 3 is 3.00 bits per heavy atom. The van der Waals surface area contributed by atoms with Gasteiger partial charge in [-0.3, -0.25) is 4.79 Å². The average Bonchev–Trinajstić information content (AvgIpc) is 3.48. The number of nitrogen functional groups attached to an aromatic ring is 1. The van der Waals surface area contributed by atoms with E-state index in [0.717, 1.165) is 49.4 Å². The molecule has 1 amide bonds. The van der Waals surface area contributed by atoms with Gasteiger partial charge in [-0.05, 0) is 36.6 Å². The van der Waals surface area contributed by atoms with Gasteiger partial charge < -0.3 is 21.3 Å². The molecule has 2 aliphatic heterocycles. The highest BCUT2D eigenvalue weighted by molar-refractivity contribution is 7.18. The van der Waals surface area contributed by atoms with Crippen LogP contribution in [0.2, 0.25) is 4.34 Å². The smallest absolute Gasteiger partial charge is 0.261 e. The van der Waals surface area contributed by atoms with E-state index in [1.165, 1.54) is 23.2 Å². The Morgan fingerprint density at radius 1 is 1.39 bits per heavy atom. The number of carbonyl (C=O) groups excluding carboxylic acids is 1. The number of nitrogens with two attached hydrogens (primary N) is 1. The zero-order valence-electron chi connectivity index (χ0n) is 16.7. The number of nitrogens with one attached hydrogen (secondary N) is 2. The van der Waals surface area contributed by atoms with Gasteiger partial charge in [0.25, 0.3) is 5.91 Å². The van der Waals surface area contributed by atoms with Crippen LogP contribution in [0.4, 0.5) is 11.5 Å². The van der Waals surface area contributed by atoms with Crippen LogP contribution in [0.3, 0.4) is 0 Å². The Bertz CT molecular complexity index is 1140. The van der Waals surface area contributed by atoms with Crippen molar-refractivity contribution in [1.29, 1.82) is 0 Å². The monoisotopic (exact) mass is 479 g/mol. The molecule has 3 aromatic heterocycles. The van der Waals surface area contributed by atoms with Crippen LogP contribution >= 0.6 is 35.3 Å². The van der Waals surface area contributed by atoms with Crippen LogP contribution in [0, 0.1) is 0 Å². The van der Waals surface area contributed by atoms with Crippen molar-refractivity contribution in [3.8, 4) is 0 Å². The maximum Gasteiger partial charge on any atom is 0.261 e. The van der Waals surface area contributed by atoms with E-state index >= 15 is 0 Å². The number of piperidine rings is 1. The van der Waals surface area contributed by atoms with Crippen molar-refractivity contribution < 1.29 is 4.79 Å². The summed E-state index contributed by atoms with van der Waals surface area (Å²) < 4.78 is 2.50. The summed E-state index contributed by atoms with van der Waals surface area (Å²) in [6, 6.07) is 5.70. The molecule has 1 fully saturated rings. The molecular formula is C20H23Cl2N7OS. The van der Waals surface area contributed by atoms with Crippen molar-refractivity contribution >= 4 is 63.8 Å². The minimum absolute atomic E-state index is 0. The molecule has 11 heteroatoms. The molecule has 0 spiro atoms. The summed E-state index contributed by atoms with van der Waals surface area (Å²) in [6.45, 7) is 3.25. The highest BCUT2D eigenvalue weighted by atomic mass is 35.5. The third-order valence-electron chi connectivity index (χ3n) is 5.59. The van der Waals surface area contributed by atoms with Crippen molar-refractivity contribution in [3.05, 3.63) is 45.5 Å². The Kier molecular flexibility index (Phi) is 6.38.